The number of aryl methyl sites for hydroxylation is 1. The molecule has 2 aromatic rings. The van der Waals surface area contributed by atoms with Crippen LogP contribution in [0.2, 0.25) is 0 Å². The molecule has 1 fully saturated rings. The second-order valence-electron chi connectivity index (χ2n) is 5.76. The van der Waals surface area contributed by atoms with Crippen molar-refractivity contribution in [3.8, 4) is 5.69 Å². The Labute approximate surface area is 134 Å². The fraction of sp³-hybridized carbons (Fsp3) is 0.500. The number of aromatic nitrogens is 4. The maximum Gasteiger partial charge on any atom is 0.338 e. The van der Waals surface area contributed by atoms with E-state index in [2.05, 4.69) is 15.5 Å². The molecule has 0 radical (unpaired) electrons. The third-order valence-corrected chi connectivity index (χ3v) is 4.23. The minimum Gasteiger partial charge on any atom is -0.456 e. The summed E-state index contributed by atoms with van der Waals surface area (Å²) >= 11 is 0. The molecule has 3 rings (SSSR count). The van der Waals surface area contributed by atoms with Crippen molar-refractivity contribution < 1.29 is 14.3 Å². The number of hydrogen-bond acceptors (Lipinski definition) is 6. The van der Waals surface area contributed by atoms with Crippen molar-refractivity contribution in [1.82, 2.24) is 20.2 Å². The van der Waals surface area contributed by atoms with Gasteiger partial charge in [-0.05, 0) is 60.4 Å². The number of tetrazole rings is 1. The van der Waals surface area contributed by atoms with Crippen molar-refractivity contribution in [3.63, 3.8) is 0 Å². The molecule has 1 aliphatic carbocycles. The first kappa shape index (κ1) is 15.6. The van der Waals surface area contributed by atoms with E-state index in [1.807, 2.05) is 13.0 Å². The highest BCUT2D eigenvalue weighted by Gasteiger charge is 2.28. The zero-order valence-corrected chi connectivity index (χ0v) is 13.3. The summed E-state index contributed by atoms with van der Waals surface area (Å²) in [6.45, 7) is 1.91. The first-order valence-electron chi connectivity index (χ1n) is 7.77. The molecule has 1 aliphatic rings. The van der Waals surface area contributed by atoms with Crippen LogP contribution in [-0.4, -0.2) is 45.5 Å². The molecular weight excluding hydrogens is 296 g/mol. The number of hydrogen-bond donors (Lipinski definition) is 0. The van der Waals surface area contributed by atoms with Crippen LogP contribution in [0.4, 0.5) is 0 Å². The van der Waals surface area contributed by atoms with E-state index in [-0.39, 0.29) is 18.2 Å². The summed E-state index contributed by atoms with van der Waals surface area (Å²) in [4.78, 5) is 12.4. The van der Waals surface area contributed by atoms with E-state index >= 15 is 0 Å². The van der Waals surface area contributed by atoms with Gasteiger partial charge in [0.25, 0.3) is 0 Å². The first-order valence-corrected chi connectivity index (χ1v) is 7.77. The monoisotopic (exact) mass is 316 g/mol. The quantitative estimate of drug-likeness (QED) is 0.804. The lowest BCUT2D eigenvalue weighted by molar-refractivity contribution is -0.0539. The Balaban J connectivity index is 1.74. The van der Waals surface area contributed by atoms with Gasteiger partial charge in [-0.1, -0.05) is 6.42 Å². The van der Waals surface area contributed by atoms with Gasteiger partial charge in [0, 0.05) is 7.11 Å². The molecule has 2 atom stereocenters. The molecule has 1 aromatic heterocycles. The molecule has 0 spiro atoms. The molecule has 0 N–H and O–H groups in total. The molecule has 0 saturated heterocycles. The average Bonchev–Trinajstić information content (AvgIpc) is 3.09. The molecular formula is C16H20N4O3. The van der Waals surface area contributed by atoms with Crippen LogP contribution in [0.25, 0.3) is 5.69 Å². The number of carbonyl (C=O) groups is 1. The highest BCUT2D eigenvalue weighted by atomic mass is 16.6. The number of benzene rings is 1. The van der Waals surface area contributed by atoms with Gasteiger partial charge in [0.05, 0.1) is 17.4 Å². The molecule has 1 heterocycles. The molecule has 1 saturated carbocycles. The summed E-state index contributed by atoms with van der Waals surface area (Å²) in [6, 6.07) is 5.35. The van der Waals surface area contributed by atoms with Crippen molar-refractivity contribution in [1.29, 1.82) is 0 Å². The van der Waals surface area contributed by atoms with E-state index in [0.29, 0.717) is 5.56 Å². The molecule has 1 aromatic carbocycles. The van der Waals surface area contributed by atoms with E-state index in [1.54, 1.807) is 23.9 Å². The lowest BCUT2D eigenvalue weighted by atomic mass is 9.94. The number of nitrogens with zero attached hydrogens (tertiary/aromatic N) is 4. The number of rotatable bonds is 4. The van der Waals surface area contributed by atoms with Crippen LogP contribution < -0.4 is 0 Å². The zero-order valence-electron chi connectivity index (χ0n) is 13.3. The largest absolute Gasteiger partial charge is 0.456 e. The molecule has 2 unspecified atom stereocenters. The molecule has 0 aliphatic heterocycles. The van der Waals surface area contributed by atoms with E-state index in [9.17, 15) is 4.79 Å². The van der Waals surface area contributed by atoms with Crippen LogP contribution in [0.1, 0.15) is 41.6 Å². The fourth-order valence-electron chi connectivity index (χ4n) is 2.98. The molecule has 0 bridgehead atoms. The van der Waals surface area contributed by atoms with Crippen LogP contribution in [0, 0.1) is 6.92 Å². The lowest BCUT2D eigenvalue weighted by Gasteiger charge is -2.29. The van der Waals surface area contributed by atoms with Crippen molar-refractivity contribution in [2.75, 3.05) is 7.11 Å². The minimum atomic E-state index is -0.315. The van der Waals surface area contributed by atoms with Gasteiger partial charge in [-0.3, -0.25) is 0 Å². The first-order chi connectivity index (χ1) is 11.2. The third kappa shape index (κ3) is 3.39. The Kier molecular flexibility index (Phi) is 4.66. The second kappa shape index (κ2) is 6.87. The van der Waals surface area contributed by atoms with Gasteiger partial charge in [0.1, 0.15) is 12.4 Å². The molecule has 0 amide bonds. The van der Waals surface area contributed by atoms with E-state index in [0.717, 1.165) is 36.9 Å². The molecule has 7 heteroatoms. The Morgan fingerprint density at radius 1 is 1.26 bits per heavy atom. The molecule has 23 heavy (non-hydrogen) atoms. The maximum atomic E-state index is 12.4. The zero-order chi connectivity index (χ0) is 16.2. The van der Waals surface area contributed by atoms with Gasteiger partial charge < -0.3 is 9.47 Å². The maximum absolute atomic E-state index is 12.4. The Hall–Kier alpha value is -2.28. The SMILES string of the molecule is COC1CCCCC1OC(=O)c1ccc(-n2cnnn2)c(C)c1. The number of ether oxygens (including phenoxy) is 2. The van der Waals surface area contributed by atoms with Crippen molar-refractivity contribution in [2.45, 2.75) is 44.8 Å². The summed E-state index contributed by atoms with van der Waals surface area (Å²) in [5, 5.41) is 11.1. The smallest absolute Gasteiger partial charge is 0.338 e. The number of carbonyl (C=O) groups excluding carboxylic acids is 1. The van der Waals surface area contributed by atoms with E-state index in [4.69, 9.17) is 9.47 Å². The highest BCUT2D eigenvalue weighted by molar-refractivity contribution is 5.90. The van der Waals surface area contributed by atoms with Gasteiger partial charge in [-0.15, -0.1) is 5.10 Å². The van der Waals surface area contributed by atoms with Gasteiger partial charge in [-0.2, -0.15) is 0 Å². The van der Waals surface area contributed by atoms with E-state index in [1.165, 1.54) is 6.33 Å². The number of esters is 1. The molecule has 122 valence electrons. The normalized spacial score (nSPS) is 21.1. The minimum absolute atomic E-state index is 0.00528. The Morgan fingerprint density at radius 3 is 2.70 bits per heavy atom. The Bertz CT molecular complexity index is 672. The summed E-state index contributed by atoms with van der Waals surface area (Å²) in [5.74, 6) is -0.315. The summed E-state index contributed by atoms with van der Waals surface area (Å²) in [5.41, 5.74) is 2.26. The van der Waals surface area contributed by atoms with Crippen molar-refractivity contribution in [2.24, 2.45) is 0 Å². The standard InChI is InChI=1S/C16H20N4O3/c1-11-9-12(7-8-13(11)20-10-17-18-19-20)16(21)23-15-6-4-3-5-14(15)22-2/h7-10,14-15H,3-6H2,1-2H3. The van der Waals surface area contributed by atoms with Crippen LogP contribution in [0.15, 0.2) is 24.5 Å². The predicted molar refractivity (Wildman–Crippen MR) is 82.4 cm³/mol. The second-order valence-corrected chi connectivity index (χ2v) is 5.76. The van der Waals surface area contributed by atoms with Crippen LogP contribution in [-0.2, 0) is 9.47 Å². The summed E-state index contributed by atoms with van der Waals surface area (Å²) in [6.07, 6.45) is 5.32. The fourth-order valence-corrected chi connectivity index (χ4v) is 2.98. The Morgan fingerprint density at radius 2 is 2.04 bits per heavy atom. The van der Waals surface area contributed by atoms with Crippen molar-refractivity contribution in [3.05, 3.63) is 35.7 Å². The third-order valence-electron chi connectivity index (χ3n) is 4.23. The number of methoxy groups -OCH3 is 1. The summed E-state index contributed by atoms with van der Waals surface area (Å²) < 4.78 is 12.6. The van der Waals surface area contributed by atoms with Crippen LogP contribution in [0.3, 0.4) is 0 Å². The van der Waals surface area contributed by atoms with Gasteiger partial charge in [0.2, 0.25) is 0 Å². The van der Waals surface area contributed by atoms with Crippen LogP contribution in [0.5, 0.6) is 0 Å². The van der Waals surface area contributed by atoms with E-state index < -0.39 is 0 Å². The molecule has 7 nitrogen and oxygen atoms in total. The average molecular weight is 316 g/mol. The van der Waals surface area contributed by atoms with Gasteiger partial charge >= 0.3 is 5.97 Å². The predicted octanol–water partition coefficient (Wildman–Crippen LogP) is 2.09. The van der Waals surface area contributed by atoms with Crippen LogP contribution >= 0.6 is 0 Å². The highest BCUT2D eigenvalue weighted by Crippen LogP contribution is 2.25. The lowest BCUT2D eigenvalue weighted by Crippen LogP contribution is -2.35. The summed E-state index contributed by atoms with van der Waals surface area (Å²) in [7, 11) is 1.67. The van der Waals surface area contributed by atoms with Crippen molar-refractivity contribution >= 4 is 5.97 Å². The van der Waals surface area contributed by atoms with Gasteiger partial charge in [-0.25, -0.2) is 9.48 Å². The van der Waals surface area contributed by atoms with Gasteiger partial charge in [0.15, 0.2) is 0 Å². The topological polar surface area (TPSA) is 79.1 Å².